The SMILES string of the molecule is CCS(=O)(=O)N1CCC2(CC1)CN(Cc1ccc3c(c1)OCO3)[C@@H](CO)c1[nH]c3cc(OC)ccc3c12. The number of sulfonamides is 1. The minimum absolute atomic E-state index is 0.0338. The van der Waals surface area contributed by atoms with Gasteiger partial charge in [-0.1, -0.05) is 6.07 Å². The summed E-state index contributed by atoms with van der Waals surface area (Å²) in [7, 11) is -1.59. The Hall–Kier alpha value is -2.79. The Morgan fingerprint density at radius 1 is 1.14 bits per heavy atom. The number of aliphatic hydroxyl groups is 1. The van der Waals surface area contributed by atoms with Crippen LogP contribution >= 0.6 is 0 Å². The zero-order valence-electron chi connectivity index (χ0n) is 21.2. The van der Waals surface area contributed by atoms with E-state index in [4.69, 9.17) is 14.2 Å². The van der Waals surface area contributed by atoms with Crippen LogP contribution in [0.25, 0.3) is 10.9 Å². The van der Waals surface area contributed by atoms with Gasteiger partial charge in [-0.25, -0.2) is 12.7 Å². The molecule has 3 aliphatic rings. The van der Waals surface area contributed by atoms with Gasteiger partial charge < -0.3 is 24.3 Å². The zero-order valence-corrected chi connectivity index (χ0v) is 22.0. The summed E-state index contributed by atoms with van der Waals surface area (Å²) in [5, 5.41) is 11.7. The Labute approximate surface area is 217 Å². The molecule has 0 radical (unpaired) electrons. The van der Waals surface area contributed by atoms with E-state index >= 15 is 0 Å². The third-order valence-corrected chi connectivity index (χ3v) is 10.2. The van der Waals surface area contributed by atoms with Crippen molar-refractivity contribution in [3.05, 3.63) is 53.2 Å². The molecule has 0 bridgehead atoms. The standard InChI is InChI=1S/C27H33N3O6S/c1-3-37(32,33)30-10-8-27(9-11-30)16-29(14-18-4-7-23-24(12-18)36-17-35-23)22(15-31)26-25(27)20-6-5-19(34-2)13-21(20)28-26/h4-7,12-13,22,28,31H,3,8-11,14-17H2,1-2H3/t22-/m0/s1. The molecule has 6 rings (SSSR count). The summed E-state index contributed by atoms with van der Waals surface area (Å²) in [4.78, 5) is 5.93. The average molecular weight is 528 g/mol. The van der Waals surface area contributed by atoms with E-state index in [1.54, 1.807) is 18.3 Å². The number of aliphatic hydroxyl groups excluding tert-OH is 1. The maximum atomic E-state index is 12.6. The van der Waals surface area contributed by atoms with Gasteiger partial charge in [-0.3, -0.25) is 4.90 Å². The summed E-state index contributed by atoms with van der Waals surface area (Å²) < 4.78 is 43.5. The number of hydrogen-bond acceptors (Lipinski definition) is 7. The number of fused-ring (bicyclic) bond motifs is 5. The minimum atomic E-state index is -3.25. The molecule has 3 aliphatic heterocycles. The number of hydrogen-bond donors (Lipinski definition) is 2. The van der Waals surface area contributed by atoms with Gasteiger partial charge >= 0.3 is 0 Å². The fourth-order valence-corrected chi connectivity index (χ4v) is 7.44. The van der Waals surface area contributed by atoms with E-state index in [1.807, 2.05) is 30.3 Å². The van der Waals surface area contributed by atoms with Crippen LogP contribution in [-0.4, -0.2) is 73.6 Å². The van der Waals surface area contributed by atoms with Gasteiger partial charge in [0, 0.05) is 54.3 Å². The summed E-state index contributed by atoms with van der Waals surface area (Å²) in [5.74, 6) is 2.36. The Balaban J connectivity index is 1.42. The lowest BCUT2D eigenvalue weighted by molar-refractivity contribution is 0.0535. The molecule has 1 fully saturated rings. The van der Waals surface area contributed by atoms with Crippen molar-refractivity contribution >= 4 is 20.9 Å². The Morgan fingerprint density at radius 2 is 1.92 bits per heavy atom. The summed E-state index contributed by atoms with van der Waals surface area (Å²) >= 11 is 0. The first kappa shape index (κ1) is 24.5. The molecule has 0 unspecified atom stereocenters. The first-order valence-corrected chi connectivity index (χ1v) is 14.4. The molecule has 9 nitrogen and oxygen atoms in total. The number of aromatic nitrogens is 1. The highest BCUT2D eigenvalue weighted by Gasteiger charge is 2.48. The topological polar surface area (TPSA) is 104 Å². The van der Waals surface area contributed by atoms with Gasteiger partial charge in [0.15, 0.2) is 11.5 Å². The summed E-state index contributed by atoms with van der Waals surface area (Å²) in [6.45, 7) is 4.21. The van der Waals surface area contributed by atoms with Crippen LogP contribution in [0.15, 0.2) is 36.4 Å². The van der Waals surface area contributed by atoms with Crippen molar-refractivity contribution in [2.45, 2.75) is 37.8 Å². The predicted octanol–water partition coefficient (Wildman–Crippen LogP) is 3.14. The second kappa shape index (κ2) is 9.20. The number of nitrogens with zero attached hydrogens (tertiary/aromatic N) is 2. The highest BCUT2D eigenvalue weighted by Crippen LogP contribution is 2.50. The Morgan fingerprint density at radius 3 is 2.65 bits per heavy atom. The molecule has 1 aromatic heterocycles. The van der Waals surface area contributed by atoms with E-state index in [2.05, 4.69) is 16.0 Å². The fourth-order valence-electron chi connectivity index (χ4n) is 6.34. The van der Waals surface area contributed by atoms with Gasteiger partial charge in [0.05, 0.1) is 25.5 Å². The lowest BCUT2D eigenvalue weighted by Crippen LogP contribution is -2.54. The van der Waals surface area contributed by atoms with Crippen LogP contribution in [0.4, 0.5) is 0 Å². The van der Waals surface area contributed by atoms with Crippen LogP contribution in [0.2, 0.25) is 0 Å². The number of rotatable bonds is 6. The molecule has 1 saturated heterocycles. The molecule has 2 N–H and O–H groups in total. The molecule has 2 aromatic carbocycles. The third-order valence-electron chi connectivity index (χ3n) is 8.28. The molecular weight excluding hydrogens is 494 g/mol. The highest BCUT2D eigenvalue weighted by atomic mass is 32.2. The third kappa shape index (κ3) is 4.06. The van der Waals surface area contributed by atoms with Crippen molar-refractivity contribution in [1.29, 1.82) is 0 Å². The molecule has 0 aliphatic carbocycles. The molecule has 10 heteroatoms. The van der Waals surface area contributed by atoms with Crippen LogP contribution < -0.4 is 14.2 Å². The van der Waals surface area contributed by atoms with Gasteiger partial charge in [0.25, 0.3) is 0 Å². The lowest BCUT2D eigenvalue weighted by Gasteiger charge is -2.50. The maximum absolute atomic E-state index is 12.6. The van der Waals surface area contributed by atoms with Gasteiger partial charge in [-0.15, -0.1) is 0 Å². The summed E-state index contributed by atoms with van der Waals surface area (Å²) in [6.07, 6.45) is 1.43. The Kier molecular flexibility index (Phi) is 6.10. The number of H-pyrrole nitrogens is 1. The van der Waals surface area contributed by atoms with Gasteiger partial charge in [-0.2, -0.15) is 0 Å². The number of ether oxygens (including phenoxy) is 3. The molecule has 1 spiro atoms. The highest BCUT2D eigenvalue weighted by molar-refractivity contribution is 7.89. The maximum Gasteiger partial charge on any atom is 0.231 e. The van der Waals surface area contributed by atoms with E-state index in [-0.39, 0.29) is 30.6 Å². The van der Waals surface area contributed by atoms with Crippen molar-refractivity contribution < 1.29 is 27.7 Å². The van der Waals surface area contributed by atoms with Gasteiger partial charge in [0.1, 0.15) is 5.75 Å². The van der Waals surface area contributed by atoms with Crippen molar-refractivity contribution in [3.63, 3.8) is 0 Å². The number of aromatic amines is 1. The van der Waals surface area contributed by atoms with Crippen LogP contribution in [0.3, 0.4) is 0 Å². The largest absolute Gasteiger partial charge is 0.497 e. The normalized spacial score (nSPS) is 21.4. The first-order chi connectivity index (χ1) is 17.9. The smallest absolute Gasteiger partial charge is 0.231 e. The van der Waals surface area contributed by atoms with E-state index in [1.165, 1.54) is 5.56 Å². The van der Waals surface area contributed by atoms with E-state index < -0.39 is 10.0 Å². The predicted molar refractivity (Wildman–Crippen MR) is 140 cm³/mol. The second-order valence-electron chi connectivity index (χ2n) is 10.2. The minimum Gasteiger partial charge on any atom is -0.497 e. The van der Waals surface area contributed by atoms with Gasteiger partial charge in [0.2, 0.25) is 16.8 Å². The fraction of sp³-hybridized carbons (Fsp3) is 0.481. The number of methoxy groups -OCH3 is 1. The summed E-state index contributed by atoms with van der Waals surface area (Å²) in [6, 6.07) is 11.8. The van der Waals surface area contributed by atoms with Gasteiger partial charge in [-0.05, 0) is 55.2 Å². The molecule has 3 aromatic rings. The molecular formula is C27H33N3O6S. The van der Waals surface area contributed by atoms with E-state index in [0.29, 0.717) is 32.5 Å². The number of nitrogens with one attached hydrogen (secondary N) is 1. The second-order valence-corrected chi connectivity index (χ2v) is 12.5. The zero-order chi connectivity index (χ0) is 25.8. The van der Waals surface area contributed by atoms with Crippen LogP contribution in [-0.2, 0) is 22.0 Å². The molecule has 1 atom stereocenters. The lowest BCUT2D eigenvalue weighted by atomic mass is 9.68. The molecule has 37 heavy (non-hydrogen) atoms. The van der Waals surface area contributed by atoms with E-state index in [0.717, 1.165) is 46.0 Å². The van der Waals surface area contributed by atoms with Crippen LogP contribution in [0, 0.1) is 0 Å². The van der Waals surface area contributed by atoms with E-state index in [9.17, 15) is 13.5 Å². The number of piperidine rings is 1. The molecule has 198 valence electrons. The van der Waals surface area contributed by atoms with Crippen molar-refractivity contribution in [1.82, 2.24) is 14.2 Å². The van der Waals surface area contributed by atoms with Crippen molar-refractivity contribution in [3.8, 4) is 17.2 Å². The van der Waals surface area contributed by atoms with Crippen LogP contribution in [0.5, 0.6) is 17.2 Å². The number of benzene rings is 2. The Bertz CT molecular complexity index is 1430. The average Bonchev–Trinajstić information content (AvgIpc) is 3.53. The van der Waals surface area contributed by atoms with Crippen LogP contribution in [0.1, 0.15) is 42.6 Å². The quantitative estimate of drug-likeness (QED) is 0.508. The first-order valence-electron chi connectivity index (χ1n) is 12.8. The monoisotopic (exact) mass is 527 g/mol. The van der Waals surface area contributed by atoms with Crippen molar-refractivity contribution in [2.24, 2.45) is 0 Å². The van der Waals surface area contributed by atoms with Crippen molar-refractivity contribution in [2.75, 3.05) is 45.9 Å². The molecule has 0 amide bonds. The molecule has 0 saturated carbocycles. The summed E-state index contributed by atoms with van der Waals surface area (Å²) in [5.41, 5.74) is 4.01. The molecule has 4 heterocycles.